The zero-order valence-corrected chi connectivity index (χ0v) is 20.1. The molecule has 3 heterocycles. The van der Waals surface area contributed by atoms with E-state index in [1.54, 1.807) is 6.20 Å². The van der Waals surface area contributed by atoms with Crippen molar-refractivity contribution in [1.82, 2.24) is 25.3 Å². The SMILES string of the molecule is O=C(NCc1cn(Cc2ccccc2)nc1-c1ccccc1)c1cn[nH]c1-c1ccc2c(c1)OCCO2. The van der Waals surface area contributed by atoms with Crippen molar-refractivity contribution in [2.45, 2.75) is 13.1 Å². The Hall–Kier alpha value is -4.85. The number of amides is 1. The van der Waals surface area contributed by atoms with Gasteiger partial charge in [-0.1, -0.05) is 60.7 Å². The Morgan fingerprint density at radius 1 is 0.919 bits per heavy atom. The minimum atomic E-state index is -0.228. The first kappa shape index (κ1) is 22.6. The van der Waals surface area contributed by atoms with E-state index in [0.29, 0.717) is 49.1 Å². The van der Waals surface area contributed by atoms with Crippen LogP contribution in [-0.4, -0.2) is 39.1 Å². The number of hydrogen-bond donors (Lipinski definition) is 2. The zero-order chi connectivity index (χ0) is 25.0. The van der Waals surface area contributed by atoms with Crippen LogP contribution in [0.15, 0.2) is 91.3 Å². The number of benzene rings is 3. The highest BCUT2D eigenvalue weighted by Gasteiger charge is 2.20. The molecule has 5 aromatic rings. The number of hydrogen-bond acceptors (Lipinski definition) is 5. The second-order valence-corrected chi connectivity index (χ2v) is 8.75. The van der Waals surface area contributed by atoms with Gasteiger partial charge in [0.25, 0.3) is 5.91 Å². The Kier molecular flexibility index (Phi) is 6.12. The van der Waals surface area contributed by atoms with Crippen molar-refractivity contribution in [3.05, 3.63) is 108 Å². The third kappa shape index (κ3) is 4.81. The molecular formula is C29H25N5O3. The average Bonchev–Trinajstić information content (AvgIpc) is 3.60. The van der Waals surface area contributed by atoms with Crippen molar-refractivity contribution in [3.8, 4) is 34.0 Å². The van der Waals surface area contributed by atoms with Crippen molar-refractivity contribution in [2.24, 2.45) is 0 Å². The monoisotopic (exact) mass is 491 g/mol. The Morgan fingerprint density at radius 2 is 1.68 bits per heavy atom. The quantitative estimate of drug-likeness (QED) is 0.345. The Balaban J connectivity index is 1.24. The van der Waals surface area contributed by atoms with Crippen LogP contribution in [0.3, 0.4) is 0 Å². The van der Waals surface area contributed by atoms with Crippen LogP contribution in [0, 0.1) is 0 Å². The lowest BCUT2D eigenvalue weighted by molar-refractivity contribution is 0.0951. The summed E-state index contributed by atoms with van der Waals surface area (Å²) < 4.78 is 13.2. The fourth-order valence-corrected chi connectivity index (χ4v) is 4.43. The summed E-state index contributed by atoms with van der Waals surface area (Å²) in [4.78, 5) is 13.3. The van der Waals surface area contributed by atoms with Gasteiger partial charge in [-0.3, -0.25) is 14.6 Å². The lowest BCUT2D eigenvalue weighted by Crippen LogP contribution is -2.23. The van der Waals surface area contributed by atoms with E-state index in [4.69, 9.17) is 14.6 Å². The van der Waals surface area contributed by atoms with Gasteiger partial charge in [0.1, 0.15) is 13.2 Å². The number of H-pyrrole nitrogens is 1. The topological polar surface area (TPSA) is 94.1 Å². The average molecular weight is 492 g/mol. The van der Waals surface area contributed by atoms with E-state index in [-0.39, 0.29) is 5.91 Å². The Morgan fingerprint density at radius 3 is 2.49 bits per heavy atom. The lowest BCUT2D eigenvalue weighted by Gasteiger charge is -2.18. The fourth-order valence-electron chi connectivity index (χ4n) is 4.43. The van der Waals surface area contributed by atoms with Crippen molar-refractivity contribution >= 4 is 5.91 Å². The number of fused-ring (bicyclic) bond motifs is 1. The molecule has 0 spiro atoms. The number of carbonyl (C=O) groups is 1. The van der Waals surface area contributed by atoms with Crippen LogP contribution < -0.4 is 14.8 Å². The summed E-state index contributed by atoms with van der Waals surface area (Å²) in [7, 11) is 0. The molecular weight excluding hydrogens is 466 g/mol. The predicted octanol–water partition coefficient (Wildman–Crippen LogP) is 4.69. The molecule has 3 aromatic carbocycles. The summed E-state index contributed by atoms with van der Waals surface area (Å²) in [5, 5.41) is 15.0. The van der Waals surface area contributed by atoms with Gasteiger partial charge < -0.3 is 14.8 Å². The van der Waals surface area contributed by atoms with E-state index in [0.717, 1.165) is 27.9 Å². The van der Waals surface area contributed by atoms with Crippen LogP contribution in [0.4, 0.5) is 0 Å². The van der Waals surface area contributed by atoms with Crippen LogP contribution in [0.25, 0.3) is 22.5 Å². The summed E-state index contributed by atoms with van der Waals surface area (Å²) >= 11 is 0. The molecule has 8 nitrogen and oxygen atoms in total. The largest absolute Gasteiger partial charge is 0.486 e. The number of aromatic amines is 1. The Labute approximate surface area is 213 Å². The summed E-state index contributed by atoms with van der Waals surface area (Å²) in [5.74, 6) is 1.12. The molecule has 1 aliphatic heterocycles. The molecule has 2 aromatic heterocycles. The van der Waals surface area contributed by atoms with E-state index in [9.17, 15) is 4.79 Å². The van der Waals surface area contributed by atoms with Gasteiger partial charge in [0.05, 0.1) is 29.7 Å². The third-order valence-corrected chi connectivity index (χ3v) is 6.23. The van der Waals surface area contributed by atoms with Crippen LogP contribution >= 0.6 is 0 Å². The molecule has 6 rings (SSSR count). The smallest absolute Gasteiger partial charge is 0.255 e. The highest BCUT2D eigenvalue weighted by molar-refractivity contribution is 5.99. The first-order valence-corrected chi connectivity index (χ1v) is 12.1. The molecule has 37 heavy (non-hydrogen) atoms. The maximum Gasteiger partial charge on any atom is 0.255 e. The highest BCUT2D eigenvalue weighted by Crippen LogP contribution is 2.35. The standard InChI is InChI=1S/C29H25N5O3/c35-29(24-17-31-32-28(24)22-11-12-25-26(15-22)37-14-13-36-25)30-16-23-19-34(18-20-7-3-1-4-8-20)33-27(23)21-9-5-2-6-10-21/h1-12,15,17,19H,13-14,16,18H2,(H,30,35)(H,31,32). The van der Waals surface area contributed by atoms with Gasteiger partial charge in [-0.25, -0.2) is 0 Å². The number of carbonyl (C=O) groups excluding carboxylic acids is 1. The van der Waals surface area contributed by atoms with Gasteiger partial charge >= 0.3 is 0 Å². The van der Waals surface area contributed by atoms with Gasteiger partial charge in [-0.05, 0) is 23.8 Å². The zero-order valence-electron chi connectivity index (χ0n) is 20.1. The normalized spacial score (nSPS) is 12.3. The van der Waals surface area contributed by atoms with Gasteiger partial charge in [0, 0.05) is 29.4 Å². The van der Waals surface area contributed by atoms with E-state index < -0.39 is 0 Å². The van der Waals surface area contributed by atoms with Crippen LogP contribution in [0.1, 0.15) is 21.5 Å². The first-order valence-electron chi connectivity index (χ1n) is 12.1. The molecule has 0 saturated carbocycles. The van der Waals surface area contributed by atoms with Crippen molar-refractivity contribution in [1.29, 1.82) is 0 Å². The summed E-state index contributed by atoms with van der Waals surface area (Å²) in [6, 6.07) is 25.8. The number of nitrogens with zero attached hydrogens (tertiary/aromatic N) is 3. The molecule has 8 heteroatoms. The second kappa shape index (κ2) is 10.0. The van der Waals surface area contributed by atoms with E-state index in [2.05, 4.69) is 27.6 Å². The molecule has 1 aliphatic rings. The third-order valence-electron chi connectivity index (χ3n) is 6.23. The second-order valence-electron chi connectivity index (χ2n) is 8.75. The van der Waals surface area contributed by atoms with Crippen LogP contribution in [-0.2, 0) is 13.1 Å². The molecule has 0 fully saturated rings. The van der Waals surface area contributed by atoms with Crippen molar-refractivity contribution in [3.63, 3.8) is 0 Å². The fraction of sp³-hybridized carbons (Fsp3) is 0.138. The summed E-state index contributed by atoms with van der Waals surface area (Å²) in [6.07, 6.45) is 3.53. The minimum Gasteiger partial charge on any atom is -0.486 e. The maximum absolute atomic E-state index is 13.3. The Bertz CT molecular complexity index is 1530. The molecule has 0 atom stereocenters. The number of nitrogens with one attached hydrogen (secondary N) is 2. The van der Waals surface area contributed by atoms with Gasteiger partial charge in [-0.15, -0.1) is 0 Å². The molecule has 184 valence electrons. The van der Waals surface area contributed by atoms with E-state index in [1.165, 1.54) is 0 Å². The molecule has 0 bridgehead atoms. The van der Waals surface area contributed by atoms with Crippen LogP contribution in [0.2, 0.25) is 0 Å². The van der Waals surface area contributed by atoms with Crippen molar-refractivity contribution in [2.75, 3.05) is 13.2 Å². The predicted molar refractivity (Wildman–Crippen MR) is 139 cm³/mol. The number of aromatic nitrogens is 4. The maximum atomic E-state index is 13.3. The minimum absolute atomic E-state index is 0.228. The van der Waals surface area contributed by atoms with Gasteiger partial charge in [0.2, 0.25) is 0 Å². The molecule has 1 amide bonds. The van der Waals surface area contributed by atoms with Gasteiger partial charge in [-0.2, -0.15) is 10.2 Å². The first-order chi connectivity index (χ1) is 18.2. The number of ether oxygens (including phenoxy) is 2. The lowest BCUT2D eigenvalue weighted by atomic mass is 10.1. The summed E-state index contributed by atoms with van der Waals surface area (Å²) in [6.45, 7) is 1.99. The molecule has 0 aliphatic carbocycles. The summed E-state index contributed by atoms with van der Waals surface area (Å²) in [5.41, 5.74) is 5.80. The van der Waals surface area contributed by atoms with E-state index >= 15 is 0 Å². The molecule has 0 unspecified atom stereocenters. The molecule has 0 saturated heterocycles. The van der Waals surface area contributed by atoms with Gasteiger partial charge in [0.15, 0.2) is 11.5 Å². The van der Waals surface area contributed by atoms with Crippen molar-refractivity contribution < 1.29 is 14.3 Å². The number of rotatable bonds is 7. The van der Waals surface area contributed by atoms with E-state index in [1.807, 2.05) is 77.6 Å². The van der Waals surface area contributed by atoms with Crippen LogP contribution in [0.5, 0.6) is 11.5 Å². The molecule has 2 N–H and O–H groups in total. The highest BCUT2D eigenvalue weighted by atomic mass is 16.6. The molecule has 0 radical (unpaired) electrons.